The fourth-order valence-electron chi connectivity index (χ4n) is 2.88. The Bertz CT molecular complexity index is 623. The highest BCUT2D eigenvalue weighted by atomic mass is 32.1. The van der Waals surface area contributed by atoms with Crippen molar-refractivity contribution in [3.05, 3.63) is 52.2 Å². The average Bonchev–Trinajstić information content (AvgIpc) is 3.07. The van der Waals surface area contributed by atoms with Crippen molar-refractivity contribution in [1.29, 1.82) is 0 Å². The number of likely N-dealkylation sites (N-methyl/N-ethyl adjacent to an activating group) is 1. The smallest absolute Gasteiger partial charge is 0.242 e. The number of carbonyl (C=O) groups is 1. The molecule has 0 radical (unpaired) electrons. The summed E-state index contributed by atoms with van der Waals surface area (Å²) in [5, 5.41) is 4.14. The van der Waals surface area contributed by atoms with Gasteiger partial charge in [0, 0.05) is 25.3 Å². The molecule has 3 rings (SSSR count). The van der Waals surface area contributed by atoms with Crippen molar-refractivity contribution >= 4 is 22.9 Å². The first-order valence-corrected chi connectivity index (χ1v) is 8.19. The number of carbonyl (C=O) groups excluding carboxylic acids is 1. The Morgan fingerprint density at radius 2 is 2.19 bits per heavy atom. The Labute approximate surface area is 129 Å². The van der Waals surface area contributed by atoms with E-state index in [1.54, 1.807) is 11.3 Å². The van der Waals surface area contributed by atoms with E-state index in [2.05, 4.69) is 41.5 Å². The molecule has 110 valence electrons. The molecule has 0 saturated carbocycles. The molecule has 1 aliphatic rings. The van der Waals surface area contributed by atoms with Crippen LogP contribution in [0.1, 0.15) is 18.1 Å². The van der Waals surface area contributed by atoms with Crippen molar-refractivity contribution in [2.75, 3.05) is 18.5 Å². The molecule has 0 bridgehead atoms. The molecule has 2 aromatic rings. The summed E-state index contributed by atoms with van der Waals surface area (Å²) >= 11 is 1.67. The number of amides is 1. The van der Waals surface area contributed by atoms with Gasteiger partial charge in [-0.05, 0) is 47.4 Å². The fourth-order valence-corrected chi connectivity index (χ4v) is 3.54. The maximum Gasteiger partial charge on any atom is 0.242 e. The van der Waals surface area contributed by atoms with Gasteiger partial charge in [-0.15, -0.1) is 0 Å². The van der Waals surface area contributed by atoms with Crippen LogP contribution in [0, 0.1) is 0 Å². The molecule has 4 heteroatoms. The Morgan fingerprint density at radius 1 is 1.38 bits per heavy atom. The minimum Gasteiger partial charge on any atom is -0.359 e. The molecular formula is C17H20N2OS. The Balaban J connectivity index is 1.67. The SMILES string of the molecule is CC1Cc2ccccc2N1CC(=O)N(C)Cc1ccsc1. The monoisotopic (exact) mass is 300 g/mol. The molecule has 1 amide bonds. The van der Waals surface area contributed by atoms with Crippen molar-refractivity contribution < 1.29 is 4.79 Å². The highest BCUT2D eigenvalue weighted by molar-refractivity contribution is 7.07. The van der Waals surface area contributed by atoms with E-state index >= 15 is 0 Å². The van der Waals surface area contributed by atoms with E-state index in [1.165, 1.54) is 16.8 Å². The highest BCUT2D eigenvalue weighted by Gasteiger charge is 2.27. The molecule has 2 heterocycles. The number of anilines is 1. The van der Waals surface area contributed by atoms with E-state index in [0.717, 1.165) is 6.42 Å². The Morgan fingerprint density at radius 3 is 2.95 bits per heavy atom. The zero-order valence-corrected chi connectivity index (χ0v) is 13.3. The molecule has 1 unspecified atom stereocenters. The minimum absolute atomic E-state index is 0.171. The Hall–Kier alpha value is -1.81. The summed E-state index contributed by atoms with van der Waals surface area (Å²) < 4.78 is 0. The van der Waals surface area contributed by atoms with Crippen molar-refractivity contribution in [1.82, 2.24) is 4.90 Å². The Kier molecular flexibility index (Phi) is 3.97. The molecule has 1 aliphatic heterocycles. The summed E-state index contributed by atoms with van der Waals surface area (Å²) in [6, 6.07) is 10.8. The van der Waals surface area contributed by atoms with Gasteiger partial charge in [0.2, 0.25) is 5.91 Å². The number of nitrogens with zero attached hydrogens (tertiary/aromatic N) is 2. The summed E-state index contributed by atoms with van der Waals surface area (Å²) in [4.78, 5) is 16.5. The van der Waals surface area contributed by atoms with Crippen LogP contribution in [-0.2, 0) is 17.8 Å². The van der Waals surface area contributed by atoms with Crippen molar-refractivity contribution in [2.24, 2.45) is 0 Å². The first-order chi connectivity index (χ1) is 10.1. The topological polar surface area (TPSA) is 23.6 Å². The van der Waals surface area contributed by atoms with Crippen molar-refractivity contribution in [3.8, 4) is 0 Å². The van der Waals surface area contributed by atoms with Crippen LogP contribution >= 0.6 is 11.3 Å². The van der Waals surface area contributed by atoms with E-state index in [1.807, 2.05) is 23.4 Å². The number of fused-ring (bicyclic) bond motifs is 1. The van der Waals surface area contributed by atoms with Crippen molar-refractivity contribution in [3.63, 3.8) is 0 Å². The van der Waals surface area contributed by atoms with Crippen LogP contribution in [0.2, 0.25) is 0 Å². The molecule has 0 spiro atoms. The van der Waals surface area contributed by atoms with Crippen LogP contribution < -0.4 is 4.90 Å². The van der Waals surface area contributed by atoms with Crippen LogP contribution in [0.15, 0.2) is 41.1 Å². The second-order valence-electron chi connectivity index (χ2n) is 5.69. The molecule has 21 heavy (non-hydrogen) atoms. The van der Waals surface area contributed by atoms with E-state index in [9.17, 15) is 4.79 Å². The summed E-state index contributed by atoms with van der Waals surface area (Å²) in [6.45, 7) is 3.33. The third-order valence-corrected chi connectivity index (χ3v) is 4.81. The minimum atomic E-state index is 0.171. The lowest BCUT2D eigenvalue weighted by Gasteiger charge is -2.27. The number of hydrogen-bond donors (Lipinski definition) is 0. The van der Waals surface area contributed by atoms with E-state index < -0.39 is 0 Å². The first-order valence-electron chi connectivity index (χ1n) is 7.24. The second-order valence-corrected chi connectivity index (χ2v) is 6.47. The lowest BCUT2D eigenvalue weighted by Crippen LogP contribution is -2.40. The highest BCUT2D eigenvalue weighted by Crippen LogP contribution is 2.31. The number of benzene rings is 1. The van der Waals surface area contributed by atoms with Gasteiger partial charge in [0.15, 0.2) is 0 Å². The second kappa shape index (κ2) is 5.90. The fraction of sp³-hybridized carbons (Fsp3) is 0.353. The molecule has 3 nitrogen and oxygen atoms in total. The van der Waals surface area contributed by atoms with Gasteiger partial charge in [0.1, 0.15) is 0 Å². The summed E-state index contributed by atoms with van der Waals surface area (Å²) in [6.07, 6.45) is 1.03. The zero-order chi connectivity index (χ0) is 14.8. The maximum absolute atomic E-state index is 12.5. The lowest BCUT2D eigenvalue weighted by atomic mass is 10.1. The third-order valence-electron chi connectivity index (χ3n) is 4.08. The number of rotatable bonds is 4. The number of hydrogen-bond acceptors (Lipinski definition) is 3. The third kappa shape index (κ3) is 2.95. The molecule has 1 aromatic carbocycles. The summed E-state index contributed by atoms with van der Waals surface area (Å²) in [5.74, 6) is 0.171. The predicted octanol–water partition coefficient (Wildman–Crippen LogP) is 3.16. The van der Waals surface area contributed by atoms with Gasteiger partial charge in [0.05, 0.1) is 6.54 Å². The molecule has 1 atom stereocenters. The van der Waals surface area contributed by atoms with Gasteiger partial charge < -0.3 is 9.80 Å². The zero-order valence-electron chi connectivity index (χ0n) is 12.5. The number of para-hydroxylation sites is 1. The number of thiophene rings is 1. The van der Waals surface area contributed by atoms with Gasteiger partial charge in [-0.25, -0.2) is 0 Å². The maximum atomic E-state index is 12.5. The average molecular weight is 300 g/mol. The summed E-state index contributed by atoms with van der Waals surface area (Å²) in [5.41, 5.74) is 3.76. The van der Waals surface area contributed by atoms with E-state index in [4.69, 9.17) is 0 Å². The lowest BCUT2D eigenvalue weighted by molar-refractivity contribution is -0.129. The van der Waals surface area contributed by atoms with Gasteiger partial charge in [-0.1, -0.05) is 18.2 Å². The molecular weight excluding hydrogens is 280 g/mol. The van der Waals surface area contributed by atoms with Crippen LogP contribution in [0.3, 0.4) is 0 Å². The van der Waals surface area contributed by atoms with Crippen molar-refractivity contribution in [2.45, 2.75) is 25.9 Å². The van der Waals surface area contributed by atoms with E-state index in [0.29, 0.717) is 19.1 Å². The van der Waals surface area contributed by atoms with E-state index in [-0.39, 0.29) is 5.91 Å². The molecule has 0 fully saturated rings. The van der Waals surface area contributed by atoms with Gasteiger partial charge in [0.25, 0.3) is 0 Å². The predicted molar refractivity (Wildman–Crippen MR) is 87.7 cm³/mol. The van der Waals surface area contributed by atoms with Gasteiger partial charge in [-0.2, -0.15) is 11.3 Å². The largest absolute Gasteiger partial charge is 0.359 e. The summed E-state index contributed by atoms with van der Waals surface area (Å²) in [7, 11) is 1.88. The molecule has 0 aliphatic carbocycles. The molecule has 0 N–H and O–H groups in total. The first kappa shape index (κ1) is 14.1. The van der Waals surface area contributed by atoms with Crippen LogP contribution in [0.25, 0.3) is 0 Å². The standard InChI is InChI=1S/C17H20N2OS/c1-13-9-15-5-3-4-6-16(15)19(13)11-17(20)18(2)10-14-7-8-21-12-14/h3-8,12-13H,9-11H2,1-2H3. The van der Waals surface area contributed by atoms with Gasteiger partial charge in [-0.3, -0.25) is 4.79 Å². The van der Waals surface area contributed by atoms with Gasteiger partial charge >= 0.3 is 0 Å². The molecule has 1 aromatic heterocycles. The van der Waals surface area contributed by atoms with Crippen LogP contribution in [-0.4, -0.2) is 30.4 Å². The quantitative estimate of drug-likeness (QED) is 0.866. The van der Waals surface area contributed by atoms with Crippen LogP contribution in [0.5, 0.6) is 0 Å². The van der Waals surface area contributed by atoms with Crippen LogP contribution in [0.4, 0.5) is 5.69 Å². The molecule has 0 saturated heterocycles. The normalized spacial score (nSPS) is 16.9.